The van der Waals surface area contributed by atoms with Crippen molar-refractivity contribution in [1.29, 1.82) is 0 Å². The predicted octanol–water partition coefficient (Wildman–Crippen LogP) is 16.4. The van der Waals surface area contributed by atoms with Gasteiger partial charge in [-0.3, -0.25) is 14.4 Å². The normalized spacial score (nSPS) is 12.1. The van der Waals surface area contributed by atoms with Crippen LogP contribution in [-0.2, 0) is 28.8 Å². The van der Waals surface area contributed by atoms with Crippen LogP contribution in [0.5, 0.6) is 0 Å². The number of carbonyl (C=O) groups excluding carboxylic acids is 6. The van der Waals surface area contributed by atoms with Gasteiger partial charge in [-0.15, -0.1) is 0 Å². The summed E-state index contributed by atoms with van der Waals surface area (Å²) < 4.78 is 0. The minimum Gasteiger partial charge on any atom is -0.550 e. The van der Waals surface area contributed by atoms with Crippen LogP contribution in [0.2, 0.25) is 0 Å². The topological polar surface area (TPSA) is 172 Å². The standard InChI is InChI=1S/3C22H42O3.Al/c3*1-3-5-6-7-8-9-10-11-12-13-14-15-16-17-20(4-2)18-21(23)19-22(24)25;/h3*20H,3-19H2,1-2H3,(H,24,25);/q;;;+3/p-3. The molecule has 0 aromatic heterocycles. The van der Waals surface area contributed by atoms with Crippen LogP contribution in [-0.4, -0.2) is 52.6 Å². The van der Waals surface area contributed by atoms with E-state index >= 15 is 0 Å². The molecule has 0 heterocycles. The van der Waals surface area contributed by atoms with Gasteiger partial charge in [0.05, 0.1) is 0 Å². The predicted molar refractivity (Wildman–Crippen MR) is 316 cm³/mol. The third kappa shape index (κ3) is 68.1. The van der Waals surface area contributed by atoms with Crippen molar-refractivity contribution in [1.82, 2.24) is 0 Å². The summed E-state index contributed by atoms with van der Waals surface area (Å²) in [5, 5.41) is 31.3. The molecule has 0 rings (SSSR count). The molecule has 10 heteroatoms. The quantitative estimate of drug-likeness (QED) is 0.0326. The second-order valence-electron chi connectivity index (χ2n) is 22.8. The maximum absolute atomic E-state index is 11.5. The van der Waals surface area contributed by atoms with E-state index in [-0.39, 0.29) is 34.7 Å². The number of aliphatic carboxylic acids is 3. The SMILES string of the molecule is CCCCCCCCCCCCCCCC(CC)CC(=O)CC(=O)[O-].CCCCCCCCCCCCCCCC(CC)CC(=O)CC(=O)[O-].CCCCCCCCCCCCCCCC(CC)CC(=O)CC(=O)[O-].[Al+3]. The summed E-state index contributed by atoms with van der Waals surface area (Å²) in [5.41, 5.74) is 0. The number of unbranched alkanes of at least 4 members (excludes halogenated alkanes) is 36. The van der Waals surface area contributed by atoms with Crippen molar-refractivity contribution in [3.63, 3.8) is 0 Å². The Kier molecular flexibility index (Phi) is 69.3. The maximum Gasteiger partial charge on any atom is 3.00 e. The number of Topliss-reactive ketones (excluding diaryl/α,β-unsaturated/α-hetero) is 3. The Labute approximate surface area is 481 Å². The second kappa shape index (κ2) is 65.5. The monoisotopic (exact) mass is 1090 g/mol. The van der Waals surface area contributed by atoms with Crippen LogP contribution in [0.25, 0.3) is 0 Å². The van der Waals surface area contributed by atoms with Crippen LogP contribution in [0.4, 0.5) is 0 Å². The van der Waals surface area contributed by atoms with Gasteiger partial charge < -0.3 is 29.7 Å². The first-order valence-electron chi connectivity index (χ1n) is 32.4. The Morgan fingerprint density at radius 3 is 0.526 bits per heavy atom. The average Bonchev–Trinajstić information content (AvgIpc) is 3.36. The minimum atomic E-state index is -1.25. The molecule has 0 amide bonds. The van der Waals surface area contributed by atoms with Crippen molar-refractivity contribution in [3.05, 3.63) is 0 Å². The van der Waals surface area contributed by atoms with Crippen LogP contribution in [0.3, 0.4) is 0 Å². The molecule has 0 aliphatic heterocycles. The van der Waals surface area contributed by atoms with Gasteiger partial charge in [0.2, 0.25) is 0 Å². The van der Waals surface area contributed by atoms with E-state index in [1.54, 1.807) is 0 Å². The fraction of sp³-hybridized carbons (Fsp3) is 0.909. The van der Waals surface area contributed by atoms with E-state index in [1.165, 1.54) is 231 Å². The maximum atomic E-state index is 11.5. The number of hydrogen-bond donors (Lipinski definition) is 0. The smallest absolute Gasteiger partial charge is 0.550 e. The fourth-order valence-corrected chi connectivity index (χ4v) is 10.4. The number of carboxylic acids is 3. The molecule has 0 aliphatic carbocycles. The van der Waals surface area contributed by atoms with Crippen molar-refractivity contribution in [3.8, 4) is 0 Å². The summed E-state index contributed by atoms with van der Waals surface area (Å²) in [6, 6.07) is 0. The summed E-state index contributed by atoms with van der Waals surface area (Å²) >= 11 is 0. The molecule has 0 bridgehead atoms. The molecule has 0 radical (unpaired) electrons. The zero-order valence-corrected chi connectivity index (χ0v) is 52.2. The molecule has 3 unspecified atom stereocenters. The average molecular weight is 1090 g/mol. The minimum absolute atomic E-state index is 0. The summed E-state index contributed by atoms with van der Waals surface area (Å²) in [7, 11) is 0. The van der Waals surface area contributed by atoms with E-state index in [0.717, 1.165) is 57.8 Å². The fourth-order valence-electron chi connectivity index (χ4n) is 10.4. The molecular weight excluding hydrogens is 964 g/mol. The van der Waals surface area contributed by atoms with Crippen molar-refractivity contribution < 1.29 is 44.1 Å². The van der Waals surface area contributed by atoms with Crippen molar-refractivity contribution in [2.45, 2.75) is 369 Å². The summed E-state index contributed by atoms with van der Waals surface area (Å²) in [6.45, 7) is 13.0. The number of rotatable bonds is 57. The van der Waals surface area contributed by atoms with Crippen molar-refractivity contribution >= 4 is 52.6 Å². The Morgan fingerprint density at radius 1 is 0.250 bits per heavy atom. The summed E-state index contributed by atoms with van der Waals surface area (Å²) in [6.07, 6.45) is 58.5. The third-order valence-corrected chi connectivity index (χ3v) is 15.5. The third-order valence-electron chi connectivity index (χ3n) is 15.5. The molecule has 0 N–H and O–H groups in total. The molecule has 0 aromatic rings. The molecule has 444 valence electrons. The second-order valence-corrected chi connectivity index (χ2v) is 22.8. The molecule has 0 spiro atoms. The first kappa shape index (κ1) is 80.4. The molecule has 9 nitrogen and oxygen atoms in total. The largest absolute Gasteiger partial charge is 3.00 e. The Hall–Kier alpha value is -2.05. The van der Waals surface area contributed by atoms with Gasteiger partial charge in [-0.1, -0.05) is 330 Å². The Morgan fingerprint density at radius 2 is 0.395 bits per heavy atom. The van der Waals surface area contributed by atoms with Gasteiger partial charge in [0.1, 0.15) is 17.3 Å². The van der Waals surface area contributed by atoms with Gasteiger partial charge in [0, 0.05) is 56.4 Å². The van der Waals surface area contributed by atoms with Crippen LogP contribution in [0, 0.1) is 17.8 Å². The molecule has 0 saturated heterocycles. The molecular formula is C66H123AlO9. The van der Waals surface area contributed by atoms with Crippen LogP contribution >= 0.6 is 0 Å². The molecule has 76 heavy (non-hydrogen) atoms. The van der Waals surface area contributed by atoms with Crippen LogP contribution in [0.1, 0.15) is 369 Å². The van der Waals surface area contributed by atoms with Gasteiger partial charge in [0.15, 0.2) is 0 Å². The van der Waals surface area contributed by atoms with Gasteiger partial charge in [-0.05, 0) is 17.8 Å². The van der Waals surface area contributed by atoms with Crippen LogP contribution in [0.15, 0.2) is 0 Å². The van der Waals surface area contributed by atoms with E-state index < -0.39 is 37.2 Å². The molecule has 0 saturated carbocycles. The van der Waals surface area contributed by atoms with Crippen molar-refractivity contribution in [2.75, 3.05) is 0 Å². The number of ketones is 3. The number of hydrogen-bond acceptors (Lipinski definition) is 9. The molecule has 3 atom stereocenters. The molecule has 0 fully saturated rings. The van der Waals surface area contributed by atoms with E-state index in [4.69, 9.17) is 0 Å². The first-order valence-corrected chi connectivity index (χ1v) is 32.4. The van der Waals surface area contributed by atoms with Gasteiger partial charge >= 0.3 is 17.4 Å². The van der Waals surface area contributed by atoms with Gasteiger partial charge in [-0.25, -0.2) is 0 Å². The zero-order valence-electron chi connectivity index (χ0n) is 51.0. The summed E-state index contributed by atoms with van der Waals surface area (Å²) in [5.74, 6) is -3.24. The Bertz CT molecular complexity index is 1140. The number of carboxylic acid groups (broad SMARTS) is 3. The van der Waals surface area contributed by atoms with E-state index in [1.807, 2.05) is 0 Å². The first-order chi connectivity index (χ1) is 36.3. The van der Waals surface area contributed by atoms with E-state index in [2.05, 4.69) is 41.5 Å². The van der Waals surface area contributed by atoms with E-state index in [0.29, 0.717) is 37.0 Å². The molecule has 0 aliphatic rings. The number of carbonyl (C=O) groups is 6. The van der Waals surface area contributed by atoms with Crippen molar-refractivity contribution in [2.24, 2.45) is 17.8 Å². The van der Waals surface area contributed by atoms with Gasteiger partial charge in [-0.2, -0.15) is 0 Å². The zero-order chi connectivity index (χ0) is 56.3. The summed E-state index contributed by atoms with van der Waals surface area (Å²) in [4.78, 5) is 65.9. The molecule has 0 aromatic carbocycles. The van der Waals surface area contributed by atoms with Gasteiger partial charge in [0.25, 0.3) is 0 Å². The van der Waals surface area contributed by atoms with Crippen LogP contribution < -0.4 is 15.3 Å². The Balaban J connectivity index is -0.000000508. The van der Waals surface area contributed by atoms with E-state index in [9.17, 15) is 44.1 Å².